The van der Waals surface area contributed by atoms with E-state index in [-0.39, 0.29) is 25.2 Å². The number of aromatic nitrogens is 1. The van der Waals surface area contributed by atoms with Crippen molar-refractivity contribution in [2.45, 2.75) is 31.7 Å². The fourth-order valence-corrected chi connectivity index (χ4v) is 2.70. The monoisotopic (exact) mass is 288 g/mol. The van der Waals surface area contributed by atoms with Gasteiger partial charge in [-0.05, 0) is 31.7 Å². The van der Waals surface area contributed by atoms with E-state index in [0.29, 0.717) is 17.5 Å². The Morgan fingerprint density at radius 1 is 1.48 bits per heavy atom. The van der Waals surface area contributed by atoms with Gasteiger partial charge in [0.05, 0.1) is 11.1 Å². The van der Waals surface area contributed by atoms with E-state index in [0.717, 1.165) is 25.8 Å². The standard InChI is InChI=1S/C16H20N2O3/c19-10-2-4-13-12-17-8-7-15(13)16(21)18-9-1-5-14(18)6-3-11-20/h7-8,12,14,19-20H,1,3,5-6,9-11H2. The number of carbonyl (C=O) groups excluding carboxylic acids is 1. The van der Waals surface area contributed by atoms with Crippen LogP contribution >= 0.6 is 0 Å². The minimum absolute atomic E-state index is 0.0416. The zero-order chi connectivity index (χ0) is 15.1. The van der Waals surface area contributed by atoms with Crippen molar-refractivity contribution in [2.24, 2.45) is 0 Å². The van der Waals surface area contributed by atoms with Crippen LogP contribution in [0.3, 0.4) is 0 Å². The normalized spacial score (nSPS) is 17.4. The van der Waals surface area contributed by atoms with E-state index in [9.17, 15) is 4.79 Å². The van der Waals surface area contributed by atoms with Crippen LogP contribution in [0.1, 0.15) is 41.6 Å². The zero-order valence-corrected chi connectivity index (χ0v) is 12.0. The van der Waals surface area contributed by atoms with E-state index in [2.05, 4.69) is 16.8 Å². The number of rotatable bonds is 4. The van der Waals surface area contributed by atoms with E-state index < -0.39 is 0 Å². The van der Waals surface area contributed by atoms with Crippen LogP contribution < -0.4 is 0 Å². The molecule has 1 amide bonds. The molecule has 2 N–H and O–H groups in total. The second kappa shape index (κ2) is 7.77. The van der Waals surface area contributed by atoms with Crippen LogP contribution in [0.25, 0.3) is 0 Å². The first-order valence-electron chi connectivity index (χ1n) is 7.23. The number of aliphatic hydroxyl groups is 2. The maximum Gasteiger partial charge on any atom is 0.255 e. The second-order valence-electron chi connectivity index (χ2n) is 5.04. The third-order valence-electron chi connectivity index (χ3n) is 3.69. The van der Waals surface area contributed by atoms with Crippen molar-refractivity contribution in [3.05, 3.63) is 29.6 Å². The summed E-state index contributed by atoms with van der Waals surface area (Å²) in [6.07, 6.45) is 6.64. The van der Waals surface area contributed by atoms with Gasteiger partial charge in [-0.25, -0.2) is 0 Å². The number of aliphatic hydroxyl groups excluding tert-OH is 2. The van der Waals surface area contributed by atoms with Crippen molar-refractivity contribution in [1.82, 2.24) is 9.88 Å². The van der Waals surface area contributed by atoms with Gasteiger partial charge in [-0.3, -0.25) is 9.78 Å². The molecule has 0 bridgehead atoms. The van der Waals surface area contributed by atoms with Crippen LogP contribution in [-0.2, 0) is 0 Å². The van der Waals surface area contributed by atoms with Crippen LogP contribution in [0, 0.1) is 11.8 Å². The summed E-state index contributed by atoms with van der Waals surface area (Å²) in [5, 5.41) is 17.8. The summed E-state index contributed by atoms with van der Waals surface area (Å²) in [5.74, 6) is 5.29. The Balaban J connectivity index is 2.19. The van der Waals surface area contributed by atoms with Crippen LogP contribution in [0.5, 0.6) is 0 Å². The van der Waals surface area contributed by atoms with Crippen molar-refractivity contribution in [3.8, 4) is 11.8 Å². The Kier molecular flexibility index (Phi) is 5.73. The molecule has 1 aromatic heterocycles. The lowest BCUT2D eigenvalue weighted by Crippen LogP contribution is -2.36. The Hall–Kier alpha value is -1.90. The molecule has 5 heteroatoms. The van der Waals surface area contributed by atoms with E-state index in [4.69, 9.17) is 10.2 Å². The van der Waals surface area contributed by atoms with E-state index >= 15 is 0 Å². The van der Waals surface area contributed by atoms with Gasteiger partial charge in [0, 0.05) is 31.6 Å². The Labute approximate surface area is 124 Å². The lowest BCUT2D eigenvalue weighted by atomic mass is 10.1. The number of nitrogens with zero attached hydrogens (tertiary/aromatic N) is 2. The summed E-state index contributed by atoms with van der Waals surface area (Å²) < 4.78 is 0. The Bertz CT molecular complexity index is 548. The maximum atomic E-state index is 12.7. The third kappa shape index (κ3) is 3.81. The molecule has 1 aliphatic heterocycles. The van der Waals surface area contributed by atoms with Crippen molar-refractivity contribution in [3.63, 3.8) is 0 Å². The van der Waals surface area contributed by atoms with Gasteiger partial charge in [-0.15, -0.1) is 0 Å². The fourth-order valence-electron chi connectivity index (χ4n) is 2.70. The predicted molar refractivity (Wildman–Crippen MR) is 78.6 cm³/mol. The van der Waals surface area contributed by atoms with Gasteiger partial charge >= 0.3 is 0 Å². The summed E-state index contributed by atoms with van der Waals surface area (Å²) in [4.78, 5) is 18.6. The highest BCUT2D eigenvalue weighted by molar-refractivity contribution is 5.97. The molecule has 0 spiro atoms. The van der Waals surface area contributed by atoms with Gasteiger partial charge < -0.3 is 15.1 Å². The summed E-state index contributed by atoms with van der Waals surface area (Å²) in [5.41, 5.74) is 1.08. The minimum atomic E-state index is -0.245. The van der Waals surface area contributed by atoms with E-state index in [1.807, 2.05) is 4.90 Å². The molecule has 2 heterocycles. The van der Waals surface area contributed by atoms with Crippen LogP contribution in [0.2, 0.25) is 0 Å². The molecule has 0 aliphatic carbocycles. The first-order chi connectivity index (χ1) is 10.3. The highest BCUT2D eigenvalue weighted by atomic mass is 16.3. The van der Waals surface area contributed by atoms with E-state index in [1.165, 1.54) is 0 Å². The van der Waals surface area contributed by atoms with Gasteiger partial charge in [-0.2, -0.15) is 0 Å². The van der Waals surface area contributed by atoms with Crippen molar-refractivity contribution < 1.29 is 15.0 Å². The molecule has 5 nitrogen and oxygen atoms in total. The molecule has 1 atom stereocenters. The molecule has 0 aromatic carbocycles. The molecule has 1 aromatic rings. The third-order valence-corrected chi connectivity index (χ3v) is 3.69. The molecule has 1 aliphatic rings. The van der Waals surface area contributed by atoms with Gasteiger partial charge in [0.25, 0.3) is 5.91 Å². The SMILES string of the molecule is O=C(c1ccncc1C#CCO)N1CCCC1CCCO. The van der Waals surface area contributed by atoms with Crippen molar-refractivity contribution in [1.29, 1.82) is 0 Å². The first-order valence-corrected chi connectivity index (χ1v) is 7.23. The van der Waals surface area contributed by atoms with Gasteiger partial charge in [0.2, 0.25) is 0 Å². The largest absolute Gasteiger partial charge is 0.396 e. The fraction of sp³-hybridized carbons (Fsp3) is 0.500. The first kappa shape index (κ1) is 15.5. The summed E-state index contributed by atoms with van der Waals surface area (Å²) in [6, 6.07) is 1.86. The zero-order valence-electron chi connectivity index (χ0n) is 12.0. The molecule has 1 fully saturated rings. The quantitative estimate of drug-likeness (QED) is 0.804. The lowest BCUT2D eigenvalue weighted by molar-refractivity contribution is 0.0724. The van der Waals surface area contributed by atoms with Gasteiger partial charge in [0.15, 0.2) is 0 Å². The smallest absolute Gasteiger partial charge is 0.255 e. The van der Waals surface area contributed by atoms with E-state index in [1.54, 1.807) is 18.5 Å². The van der Waals surface area contributed by atoms with Gasteiger partial charge in [0.1, 0.15) is 6.61 Å². The van der Waals surface area contributed by atoms with Crippen LogP contribution in [-0.4, -0.2) is 51.8 Å². The number of hydrogen-bond acceptors (Lipinski definition) is 4. The van der Waals surface area contributed by atoms with Gasteiger partial charge in [-0.1, -0.05) is 11.8 Å². The summed E-state index contributed by atoms with van der Waals surface area (Å²) in [7, 11) is 0. The molecule has 0 radical (unpaired) electrons. The highest BCUT2D eigenvalue weighted by Gasteiger charge is 2.29. The summed E-state index contributed by atoms with van der Waals surface area (Å²) >= 11 is 0. The minimum Gasteiger partial charge on any atom is -0.396 e. The lowest BCUT2D eigenvalue weighted by Gasteiger charge is -2.25. The molecule has 1 saturated heterocycles. The molecule has 21 heavy (non-hydrogen) atoms. The molecular weight excluding hydrogens is 268 g/mol. The summed E-state index contributed by atoms with van der Waals surface area (Å²) in [6.45, 7) is 0.649. The molecular formula is C16H20N2O3. The molecule has 0 saturated carbocycles. The molecule has 1 unspecified atom stereocenters. The Morgan fingerprint density at radius 2 is 2.33 bits per heavy atom. The molecule has 2 rings (SSSR count). The molecule has 112 valence electrons. The Morgan fingerprint density at radius 3 is 3.10 bits per heavy atom. The number of hydrogen-bond donors (Lipinski definition) is 2. The second-order valence-corrected chi connectivity index (χ2v) is 5.04. The van der Waals surface area contributed by atoms with Crippen LogP contribution in [0.15, 0.2) is 18.5 Å². The average Bonchev–Trinajstić information content (AvgIpc) is 2.99. The van der Waals surface area contributed by atoms with Crippen LogP contribution in [0.4, 0.5) is 0 Å². The average molecular weight is 288 g/mol. The number of carbonyl (C=O) groups is 1. The maximum absolute atomic E-state index is 12.7. The predicted octanol–water partition coefficient (Wildman–Crippen LogP) is 0.802. The number of likely N-dealkylation sites (tertiary alicyclic amines) is 1. The highest BCUT2D eigenvalue weighted by Crippen LogP contribution is 2.24. The van der Waals surface area contributed by atoms with Crippen molar-refractivity contribution >= 4 is 5.91 Å². The van der Waals surface area contributed by atoms with Crippen molar-refractivity contribution in [2.75, 3.05) is 19.8 Å². The number of pyridine rings is 1. The topological polar surface area (TPSA) is 73.7 Å². The number of amides is 1.